The lowest BCUT2D eigenvalue weighted by Gasteiger charge is -2.12. The third-order valence-electron chi connectivity index (χ3n) is 4.15. The second-order valence-corrected chi connectivity index (χ2v) is 7.81. The Morgan fingerprint density at radius 1 is 1.14 bits per heavy atom. The molecule has 0 unspecified atom stereocenters. The minimum atomic E-state index is -0.164. The Morgan fingerprint density at radius 3 is 2.61 bits per heavy atom. The van der Waals surface area contributed by atoms with Crippen LogP contribution < -0.4 is 10.6 Å². The summed E-state index contributed by atoms with van der Waals surface area (Å²) >= 11 is 1.45. The van der Waals surface area contributed by atoms with E-state index in [1.54, 1.807) is 6.07 Å². The number of benzene rings is 1. The molecule has 3 aromatic rings. The van der Waals surface area contributed by atoms with E-state index < -0.39 is 0 Å². The van der Waals surface area contributed by atoms with Crippen molar-refractivity contribution < 1.29 is 14.0 Å². The van der Waals surface area contributed by atoms with E-state index in [9.17, 15) is 9.59 Å². The van der Waals surface area contributed by atoms with Crippen LogP contribution in [-0.4, -0.2) is 16.8 Å². The lowest BCUT2D eigenvalue weighted by molar-refractivity contribution is -0.119. The number of thiazole rings is 1. The highest BCUT2D eigenvalue weighted by atomic mass is 32.1. The maximum atomic E-state index is 12.5. The van der Waals surface area contributed by atoms with Crippen molar-refractivity contribution in [1.82, 2.24) is 4.98 Å². The maximum Gasteiger partial charge on any atom is 0.230 e. The molecule has 0 bridgehead atoms. The van der Waals surface area contributed by atoms with E-state index in [0.29, 0.717) is 22.8 Å². The molecule has 0 spiro atoms. The van der Waals surface area contributed by atoms with Crippen molar-refractivity contribution >= 4 is 34.5 Å². The van der Waals surface area contributed by atoms with Crippen molar-refractivity contribution in [3.8, 4) is 10.8 Å². The highest BCUT2D eigenvalue weighted by molar-refractivity contribution is 7.13. The molecule has 0 atom stereocenters. The molecule has 146 valence electrons. The summed E-state index contributed by atoms with van der Waals surface area (Å²) in [5, 5.41) is 8.36. The van der Waals surface area contributed by atoms with Crippen molar-refractivity contribution in [3.05, 3.63) is 52.7 Å². The normalized spacial score (nSPS) is 10.9. The fraction of sp³-hybridized carbons (Fsp3) is 0.286. The summed E-state index contributed by atoms with van der Waals surface area (Å²) < 4.78 is 5.57. The second kappa shape index (κ2) is 8.39. The topological polar surface area (TPSA) is 84.2 Å². The fourth-order valence-electron chi connectivity index (χ4n) is 2.53. The first-order valence-electron chi connectivity index (χ1n) is 9.04. The van der Waals surface area contributed by atoms with Gasteiger partial charge in [0, 0.05) is 22.7 Å². The molecule has 2 aromatic heterocycles. The number of aromatic nitrogens is 1. The van der Waals surface area contributed by atoms with Crippen molar-refractivity contribution in [2.24, 2.45) is 5.92 Å². The number of hydrogen-bond donors (Lipinski definition) is 2. The molecular weight excluding hydrogens is 374 g/mol. The van der Waals surface area contributed by atoms with Crippen LogP contribution in [0.3, 0.4) is 0 Å². The van der Waals surface area contributed by atoms with Gasteiger partial charge in [-0.1, -0.05) is 19.9 Å². The summed E-state index contributed by atoms with van der Waals surface area (Å²) in [6.45, 7) is 7.45. The molecular formula is C21H23N3O3S. The van der Waals surface area contributed by atoms with Gasteiger partial charge in [-0.15, -0.1) is 11.3 Å². The molecule has 2 amide bonds. The Hall–Kier alpha value is -2.93. The smallest absolute Gasteiger partial charge is 0.230 e. The summed E-state index contributed by atoms with van der Waals surface area (Å²) in [7, 11) is 0. The van der Waals surface area contributed by atoms with Crippen LogP contribution in [0.15, 0.2) is 40.1 Å². The number of amides is 2. The molecule has 2 N–H and O–H groups in total. The number of furan rings is 1. The van der Waals surface area contributed by atoms with Crippen molar-refractivity contribution in [1.29, 1.82) is 0 Å². The zero-order chi connectivity index (χ0) is 20.3. The van der Waals surface area contributed by atoms with Gasteiger partial charge in [0.05, 0.1) is 12.1 Å². The average Bonchev–Trinajstić information content (AvgIpc) is 3.26. The SMILES string of the molecule is Cc1ccc(-c2nc(CC(=O)Nc3cc(NC(=O)C(C)C)ccc3C)cs2)o1. The minimum absolute atomic E-state index is 0.0655. The summed E-state index contributed by atoms with van der Waals surface area (Å²) in [5.41, 5.74) is 2.93. The van der Waals surface area contributed by atoms with Crippen LogP contribution in [0.5, 0.6) is 0 Å². The van der Waals surface area contributed by atoms with Crippen molar-refractivity contribution in [2.75, 3.05) is 10.6 Å². The Kier molecular flexibility index (Phi) is 5.94. The first-order valence-corrected chi connectivity index (χ1v) is 9.92. The van der Waals surface area contributed by atoms with Gasteiger partial charge in [-0.05, 0) is 43.7 Å². The maximum absolute atomic E-state index is 12.5. The summed E-state index contributed by atoms with van der Waals surface area (Å²) in [6.07, 6.45) is 0.165. The predicted molar refractivity (Wildman–Crippen MR) is 112 cm³/mol. The summed E-state index contributed by atoms with van der Waals surface area (Å²) in [4.78, 5) is 28.8. The van der Waals surface area contributed by atoms with Gasteiger partial charge in [-0.2, -0.15) is 0 Å². The van der Waals surface area contributed by atoms with Gasteiger partial charge in [-0.25, -0.2) is 4.98 Å². The Labute approximate surface area is 168 Å². The lowest BCUT2D eigenvalue weighted by atomic mass is 10.1. The van der Waals surface area contributed by atoms with Crippen molar-refractivity contribution in [3.63, 3.8) is 0 Å². The molecule has 2 heterocycles. The van der Waals surface area contributed by atoms with Gasteiger partial charge < -0.3 is 15.1 Å². The van der Waals surface area contributed by atoms with E-state index in [1.165, 1.54) is 11.3 Å². The van der Waals surface area contributed by atoms with E-state index in [0.717, 1.165) is 16.3 Å². The summed E-state index contributed by atoms with van der Waals surface area (Å²) in [5.74, 6) is 1.19. The van der Waals surface area contributed by atoms with Crippen LogP contribution in [-0.2, 0) is 16.0 Å². The van der Waals surface area contributed by atoms with Gasteiger partial charge in [0.2, 0.25) is 11.8 Å². The van der Waals surface area contributed by atoms with Gasteiger partial charge in [0.25, 0.3) is 0 Å². The molecule has 7 heteroatoms. The first-order chi connectivity index (χ1) is 13.3. The molecule has 3 rings (SSSR count). The summed E-state index contributed by atoms with van der Waals surface area (Å²) in [6, 6.07) is 9.22. The molecule has 0 aliphatic carbocycles. The Morgan fingerprint density at radius 2 is 1.93 bits per heavy atom. The van der Waals surface area contributed by atoms with Gasteiger partial charge in [0.15, 0.2) is 10.8 Å². The van der Waals surface area contributed by atoms with Gasteiger partial charge in [0.1, 0.15) is 5.76 Å². The quantitative estimate of drug-likeness (QED) is 0.626. The molecule has 0 aliphatic rings. The molecule has 0 radical (unpaired) electrons. The molecule has 0 saturated heterocycles. The molecule has 1 aromatic carbocycles. The van der Waals surface area contributed by atoms with E-state index in [2.05, 4.69) is 15.6 Å². The van der Waals surface area contributed by atoms with E-state index in [1.807, 2.05) is 57.3 Å². The highest BCUT2D eigenvalue weighted by Gasteiger charge is 2.13. The van der Waals surface area contributed by atoms with E-state index >= 15 is 0 Å². The number of hydrogen-bond acceptors (Lipinski definition) is 5. The Balaban J connectivity index is 1.66. The number of nitrogens with one attached hydrogen (secondary N) is 2. The molecule has 0 saturated carbocycles. The number of rotatable bonds is 6. The Bertz CT molecular complexity index is 1000. The van der Waals surface area contributed by atoms with Crippen LogP contribution in [0.2, 0.25) is 0 Å². The standard InChI is InChI=1S/C21H23N3O3S/c1-12(2)20(26)22-15-7-5-13(3)17(9-15)24-19(25)10-16-11-28-21(23-16)18-8-6-14(4)27-18/h5-9,11-12H,10H2,1-4H3,(H,22,26)(H,24,25). The van der Waals surface area contributed by atoms with Crippen LogP contribution in [0.25, 0.3) is 10.8 Å². The lowest BCUT2D eigenvalue weighted by Crippen LogP contribution is -2.19. The third-order valence-corrected chi connectivity index (χ3v) is 5.05. The molecule has 0 aliphatic heterocycles. The third kappa shape index (κ3) is 4.86. The van der Waals surface area contributed by atoms with E-state index in [4.69, 9.17) is 4.42 Å². The van der Waals surface area contributed by atoms with Crippen LogP contribution >= 0.6 is 11.3 Å². The monoisotopic (exact) mass is 397 g/mol. The zero-order valence-corrected chi connectivity index (χ0v) is 17.1. The highest BCUT2D eigenvalue weighted by Crippen LogP contribution is 2.26. The van der Waals surface area contributed by atoms with Crippen molar-refractivity contribution in [2.45, 2.75) is 34.1 Å². The number of anilines is 2. The second-order valence-electron chi connectivity index (χ2n) is 6.95. The number of aryl methyl sites for hydroxylation is 2. The number of carbonyl (C=O) groups excluding carboxylic acids is 2. The zero-order valence-electron chi connectivity index (χ0n) is 16.3. The van der Waals surface area contributed by atoms with E-state index in [-0.39, 0.29) is 24.2 Å². The molecule has 0 fully saturated rings. The fourth-order valence-corrected chi connectivity index (χ4v) is 3.31. The van der Waals surface area contributed by atoms with Gasteiger partial charge in [-0.3, -0.25) is 9.59 Å². The molecule has 28 heavy (non-hydrogen) atoms. The largest absolute Gasteiger partial charge is 0.459 e. The number of nitrogens with zero attached hydrogens (tertiary/aromatic N) is 1. The van der Waals surface area contributed by atoms with Gasteiger partial charge >= 0.3 is 0 Å². The minimum Gasteiger partial charge on any atom is -0.459 e. The van der Waals surface area contributed by atoms with Crippen LogP contribution in [0.1, 0.15) is 30.9 Å². The first kappa shape index (κ1) is 19.8. The average molecular weight is 398 g/mol. The van der Waals surface area contributed by atoms with Crippen LogP contribution in [0, 0.1) is 19.8 Å². The predicted octanol–water partition coefficient (Wildman–Crippen LogP) is 4.80. The number of carbonyl (C=O) groups is 2. The molecule has 6 nitrogen and oxygen atoms in total. The van der Waals surface area contributed by atoms with Crippen LogP contribution in [0.4, 0.5) is 11.4 Å².